The molecular formula is C19H23NO4S2. The van der Waals surface area contributed by atoms with Crippen LogP contribution in [0.1, 0.15) is 44.6 Å². The van der Waals surface area contributed by atoms with Crippen LogP contribution in [0.15, 0.2) is 35.2 Å². The number of rotatable bonds is 4. The van der Waals surface area contributed by atoms with Gasteiger partial charge in [0.25, 0.3) is 0 Å². The van der Waals surface area contributed by atoms with E-state index in [1.165, 1.54) is 16.9 Å². The molecule has 0 amide bonds. The van der Waals surface area contributed by atoms with Crippen LogP contribution in [0.3, 0.4) is 0 Å². The van der Waals surface area contributed by atoms with Gasteiger partial charge in [-0.25, -0.2) is 8.42 Å². The highest BCUT2D eigenvalue weighted by atomic mass is 32.2. The summed E-state index contributed by atoms with van der Waals surface area (Å²) >= 11 is 1.42. The molecule has 2 aromatic rings. The molecule has 140 valence electrons. The number of fused-ring (bicyclic) bond motifs is 1. The Balaban J connectivity index is 1.94. The summed E-state index contributed by atoms with van der Waals surface area (Å²) in [5, 5.41) is 9.30. The topological polar surface area (TPSA) is 74.7 Å². The predicted octanol–water partition coefficient (Wildman–Crippen LogP) is 4.08. The zero-order chi connectivity index (χ0) is 19.3. The molecule has 1 aromatic heterocycles. The number of carboxylic acid groups (broad SMARTS) is 1. The third-order valence-corrected chi connectivity index (χ3v) is 7.93. The smallest absolute Gasteiger partial charge is 0.322 e. The third-order valence-electron chi connectivity index (χ3n) is 4.71. The molecule has 5 nitrogen and oxygen atoms in total. The highest BCUT2D eigenvalue weighted by Crippen LogP contribution is 2.42. The van der Waals surface area contributed by atoms with Gasteiger partial charge in [0.1, 0.15) is 6.04 Å². The Morgan fingerprint density at radius 2 is 1.88 bits per heavy atom. The van der Waals surface area contributed by atoms with E-state index in [1.807, 2.05) is 12.1 Å². The van der Waals surface area contributed by atoms with E-state index in [0.29, 0.717) is 4.88 Å². The minimum atomic E-state index is -3.76. The van der Waals surface area contributed by atoms with Gasteiger partial charge in [0.05, 0.1) is 11.4 Å². The van der Waals surface area contributed by atoms with Gasteiger partial charge in [0, 0.05) is 9.75 Å². The van der Waals surface area contributed by atoms with Crippen molar-refractivity contribution in [1.29, 1.82) is 0 Å². The fourth-order valence-corrected chi connectivity index (χ4v) is 6.55. The number of hydrogen-bond donors (Lipinski definition) is 1. The SMILES string of the molecule is CCC(C(=O)O)N1Cc2sc(-c3ccc(C(C)(C)C)cc3)cc2S1(=O)=O. The number of sulfonamides is 1. The van der Waals surface area contributed by atoms with E-state index >= 15 is 0 Å². The maximum atomic E-state index is 12.8. The second-order valence-corrected chi connectivity index (χ2v) is 10.5. The highest BCUT2D eigenvalue weighted by molar-refractivity contribution is 7.89. The molecule has 1 N–H and O–H groups in total. The van der Waals surface area contributed by atoms with E-state index in [2.05, 4.69) is 32.9 Å². The molecule has 1 unspecified atom stereocenters. The fraction of sp³-hybridized carbons (Fsp3) is 0.421. The van der Waals surface area contributed by atoms with Gasteiger partial charge >= 0.3 is 5.97 Å². The average molecular weight is 394 g/mol. The van der Waals surface area contributed by atoms with Gasteiger partial charge in [-0.05, 0) is 29.0 Å². The van der Waals surface area contributed by atoms with Crippen LogP contribution in [0.2, 0.25) is 0 Å². The standard InChI is InChI=1S/C19H23NO4S2/c1-5-14(18(21)22)20-11-16-17(26(20,23)24)10-15(25-16)12-6-8-13(9-7-12)19(2,3)4/h6-10,14H,5,11H2,1-4H3,(H,21,22). The Labute approximate surface area is 158 Å². The van der Waals surface area contributed by atoms with Crippen molar-refractivity contribution in [1.82, 2.24) is 4.31 Å². The number of carboxylic acids is 1. The molecule has 0 saturated heterocycles. The molecule has 0 fully saturated rings. The second-order valence-electron chi connectivity index (χ2n) is 7.54. The van der Waals surface area contributed by atoms with Gasteiger partial charge in [-0.3, -0.25) is 4.79 Å². The first kappa shape index (κ1) is 19.1. The van der Waals surface area contributed by atoms with Crippen molar-refractivity contribution in [3.05, 3.63) is 40.8 Å². The van der Waals surface area contributed by atoms with Gasteiger partial charge < -0.3 is 5.11 Å². The molecule has 0 saturated carbocycles. The Kier molecular flexibility index (Phi) is 4.75. The van der Waals surface area contributed by atoms with Crippen LogP contribution in [0.4, 0.5) is 0 Å². The van der Waals surface area contributed by atoms with Crippen LogP contribution in [0.5, 0.6) is 0 Å². The summed E-state index contributed by atoms with van der Waals surface area (Å²) in [7, 11) is -3.76. The van der Waals surface area contributed by atoms with E-state index in [0.717, 1.165) is 14.7 Å². The maximum Gasteiger partial charge on any atom is 0.322 e. The van der Waals surface area contributed by atoms with Crippen molar-refractivity contribution in [3.8, 4) is 10.4 Å². The number of hydrogen-bond acceptors (Lipinski definition) is 4. The summed E-state index contributed by atoms with van der Waals surface area (Å²) in [6.45, 7) is 8.26. The summed E-state index contributed by atoms with van der Waals surface area (Å²) in [5.74, 6) is -1.11. The molecule has 1 atom stereocenters. The first-order valence-electron chi connectivity index (χ1n) is 8.54. The summed E-state index contributed by atoms with van der Waals surface area (Å²) in [6.07, 6.45) is 0.241. The van der Waals surface area contributed by atoms with E-state index in [1.54, 1.807) is 13.0 Å². The van der Waals surface area contributed by atoms with Crippen molar-refractivity contribution >= 4 is 27.3 Å². The lowest BCUT2D eigenvalue weighted by molar-refractivity contribution is -0.141. The summed E-state index contributed by atoms with van der Waals surface area (Å²) in [4.78, 5) is 13.2. The predicted molar refractivity (Wildman–Crippen MR) is 103 cm³/mol. The molecule has 3 rings (SSSR count). The monoisotopic (exact) mass is 393 g/mol. The average Bonchev–Trinajstić information content (AvgIpc) is 3.07. The van der Waals surface area contributed by atoms with E-state index in [4.69, 9.17) is 0 Å². The van der Waals surface area contributed by atoms with Gasteiger partial charge in [0.2, 0.25) is 10.0 Å². The molecule has 1 aliphatic rings. The zero-order valence-electron chi connectivity index (χ0n) is 15.3. The number of thiophene rings is 1. The molecule has 7 heteroatoms. The quantitative estimate of drug-likeness (QED) is 0.849. The van der Waals surface area contributed by atoms with Gasteiger partial charge in [-0.15, -0.1) is 11.3 Å². The molecule has 0 spiro atoms. The van der Waals surface area contributed by atoms with Gasteiger partial charge in [0.15, 0.2) is 0 Å². The van der Waals surface area contributed by atoms with Crippen LogP contribution in [0.25, 0.3) is 10.4 Å². The summed E-state index contributed by atoms with van der Waals surface area (Å²) < 4.78 is 26.7. The minimum Gasteiger partial charge on any atom is -0.480 e. The zero-order valence-corrected chi connectivity index (χ0v) is 16.9. The normalized spacial score (nSPS) is 17.8. The van der Waals surface area contributed by atoms with Crippen molar-refractivity contribution in [2.45, 2.75) is 57.0 Å². The van der Waals surface area contributed by atoms with Crippen molar-refractivity contribution in [3.63, 3.8) is 0 Å². The van der Waals surface area contributed by atoms with Crippen molar-refractivity contribution < 1.29 is 18.3 Å². The Morgan fingerprint density at radius 1 is 1.27 bits per heavy atom. The lowest BCUT2D eigenvalue weighted by atomic mass is 9.86. The summed E-state index contributed by atoms with van der Waals surface area (Å²) in [6, 6.07) is 8.82. The van der Waals surface area contributed by atoms with E-state index < -0.39 is 22.0 Å². The Bertz CT molecular complexity index is 937. The number of aliphatic carboxylic acids is 1. The highest BCUT2D eigenvalue weighted by Gasteiger charge is 2.43. The van der Waals surface area contributed by atoms with Gasteiger partial charge in [-0.1, -0.05) is 52.0 Å². The Morgan fingerprint density at radius 3 is 2.35 bits per heavy atom. The van der Waals surface area contributed by atoms with Crippen LogP contribution in [-0.2, 0) is 26.8 Å². The first-order chi connectivity index (χ1) is 12.1. The molecule has 0 radical (unpaired) electrons. The van der Waals surface area contributed by atoms with Crippen molar-refractivity contribution in [2.24, 2.45) is 0 Å². The van der Waals surface area contributed by atoms with E-state index in [-0.39, 0.29) is 23.3 Å². The van der Waals surface area contributed by atoms with Crippen molar-refractivity contribution in [2.75, 3.05) is 0 Å². The van der Waals surface area contributed by atoms with Crippen LogP contribution in [-0.4, -0.2) is 29.8 Å². The molecule has 0 aliphatic carbocycles. The molecule has 0 bridgehead atoms. The molecule has 2 heterocycles. The number of carbonyl (C=O) groups is 1. The Hall–Kier alpha value is -1.70. The third kappa shape index (κ3) is 3.19. The van der Waals surface area contributed by atoms with Crippen LogP contribution >= 0.6 is 11.3 Å². The van der Waals surface area contributed by atoms with Gasteiger partial charge in [-0.2, -0.15) is 4.31 Å². The van der Waals surface area contributed by atoms with Crippen LogP contribution < -0.4 is 0 Å². The molecule has 1 aliphatic heterocycles. The fourth-order valence-electron chi connectivity index (χ4n) is 3.15. The van der Waals surface area contributed by atoms with E-state index in [9.17, 15) is 18.3 Å². The molecule has 1 aromatic carbocycles. The number of nitrogens with zero attached hydrogens (tertiary/aromatic N) is 1. The maximum absolute atomic E-state index is 12.8. The number of benzene rings is 1. The summed E-state index contributed by atoms with van der Waals surface area (Å²) in [5.41, 5.74) is 2.26. The first-order valence-corrected chi connectivity index (χ1v) is 10.8. The second kappa shape index (κ2) is 6.48. The molecule has 26 heavy (non-hydrogen) atoms. The minimum absolute atomic E-state index is 0.0611. The molecular weight excluding hydrogens is 370 g/mol. The lowest BCUT2D eigenvalue weighted by Gasteiger charge is -2.21. The van der Waals surface area contributed by atoms with Crippen LogP contribution in [0, 0.1) is 0 Å². The lowest BCUT2D eigenvalue weighted by Crippen LogP contribution is -2.40. The largest absolute Gasteiger partial charge is 0.480 e.